The van der Waals surface area contributed by atoms with Crippen molar-refractivity contribution in [1.82, 2.24) is 20.1 Å². The number of nitrogens with zero attached hydrogens (tertiary/aromatic N) is 3. The summed E-state index contributed by atoms with van der Waals surface area (Å²) in [5.41, 5.74) is 4.04. The second-order valence-electron chi connectivity index (χ2n) is 6.76. The predicted octanol–water partition coefficient (Wildman–Crippen LogP) is 3.92. The molecule has 6 nitrogen and oxygen atoms in total. The van der Waals surface area contributed by atoms with Gasteiger partial charge in [0.1, 0.15) is 5.75 Å². The van der Waals surface area contributed by atoms with Gasteiger partial charge in [0.15, 0.2) is 5.69 Å². The molecule has 2 aromatic carbocycles. The number of amides is 1. The summed E-state index contributed by atoms with van der Waals surface area (Å²) in [6.07, 6.45) is 4.24. The molecule has 0 spiro atoms. The maximum atomic E-state index is 12.7. The van der Waals surface area contributed by atoms with Crippen molar-refractivity contribution < 1.29 is 9.53 Å². The maximum absolute atomic E-state index is 12.7. The lowest BCUT2D eigenvalue weighted by molar-refractivity contribution is 0.0948. The molecular weight excluding hydrogens is 376 g/mol. The number of rotatable bonds is 7. The van der Waals surface area contributed by atoms with E-state index in [-0.39, 0.29) is 5.91 Å². The van der Waals surface area contributed by atoms with Gasteiger partial charge in [-0.05, 0) is 54.4 Å². The van der Waals surface area contributed by atoms with Gasteiger partial charge in [-0.3, -0.25) is 9.78 Å². The fourth-order valence-corrected chi connectivity index (χ4v) is 3.19. The van der Waals surface area contributed by atoms with Crippen molar-refractivity contribution in [3.63, 3.8) is 0 Å². The van der Waals surface area contributed by atoms with Crippen LogP contribution in [0.1, 0.15) is 16.1 Å². The lowest BCUT2D eigenvalue weighted by Crippen LogP contribution is -2.26. The van der Waals surface area contributed by atoms with E-state index in [1.54, 1.807) is 30.3 Å². The minimum Gasteiger partial charge on any atom is -0.497 e. The molecular formula is C24H22N4O2. The highest BCUT2D eigenvalue weighted by molar-refractivity contribution is 5.93. The van der Waals surface area contributed by atoms with E-state index in [1.165, 1.54) is 5.56 Å². The third kappa shape index (κ3) is 4.38. The van der Waals surface area contributed by atoms with Crippen molar-refractivity contribution in [2.45, 2.75) is 6.42 Å². The highest BCUT2D eigenvalue weighted by Crippen LogP contribution is 2.24. The van der Waals surface area contributed by atoms with Crippen LogP contribution in [0.25, 0.3) is 16.9 Å². The van der Waals surface area contributed by atoms with E-state index in [1.807, 2.05) is 66.7 Å². The SMILES string of the molecule is COc1ccc(-n2nc(C(=O)NCCc3ccccc3)cc2-c2cccnc2)cc1. The number of aromatic nitrogens is 3. The Morgan fingerprint density at radius 3 is 2.53 bits per heavy atom. The van der Waals surface area contributed by atoms with E-state index in [9.17, 15) is 4.79 Å². The largest absolute Gasteiger partial charge is 0.497 e. The summed E-state index contributed by atoms with van der Waals surface area (Å²) < 4.78 is 6.99. The van der Waals surface area contributed by atoms with Gasteiger partial charge in [0.2, 0.25) is 0 Å². The molecule has 0 unspecified atom stereocenters. The summed E-state index contributed by atoms with van der Waals surface area (Å²) in [6.45, 7) is 0.542. The number of ether oxygens (including phenoxy) is 1. The van der Waals surface area contributed by atoms with Crippen LogP contribution < -0.4 is 10.1 Å². The van der Waals surface area contributed by atoms with Crippen molar-refractivity contribution in [1.29, 1.82) is 0 Å². The zero-order valence-corrected chi connectivity index (χ0v) is 16.7. The zero-order valence-electron chi connectivity index (χ0n) is 16.7. The van der Waals surface area contributed by atoms with E-state index in [2.05, 4.69) is 15.4 Å². The second kappa shape index (κ2) is 9.05. The van der Waals surface area contributed by atoms with E-state index < -0.39 is 0 Å². The first-order chi connectivity index (χ1) is 14.7. The molecule has 2 aromatic heterocycles. The average molecular weight is 398 g/mol. The summed E-state index contributed by atoms with van der Waals surface area (Å²) in [5, 5.41) is 7.53. The van der Waals surface area contributed by atoms with E-state index in [0.717, 1.165) is 29.1 Å². The van der Waals surface area contributed by atoms with Crippen LogP contribution >= 0.6 is 0 Å². The van der Waals surface area contributed by atoms with Crippen LogP contribution in [0.3, 0.4) is 0 Å². The quantitative estimate of drug-likeness (QED) is 0.512. The Bertz CT molecular complexity index is 1110. The predicted molar refractivity (Wildman–Crippen MR) is 116 cm³/mol. The molecule has 0 aliphatic rings. The summed E-state index contributed by atoms with van der Waals surface area (Å²) >= 11 is 0. The number of carbonyl (C=O) groups excluding carboxylic acids is 1. The molecule has 30 heavy (non-hydrogen) atoms. The van der Waals surface area contributed by atoms with Crippen molar-refractivity contribution in [2.75, 3.05) is 13.7 Å². The number of benzene rings is 2. The van der Waals surface area contributed by atoms with Crippen molar-refractivity contribution in [2.24, 2.45) is 0 Å². The monoisotopic (exact) mass is 398 g/mol. The van der Waals surface area contributed by atoms with Gasteiger partial charge < -0.3 is 10.1 Å². The van der Waals surface area contributed by atoms with Crippen LogP contribution in [-0.2, 0) is 6.42 Å². The van der Waals surface area contributed by atoms with E-state index in [4.69, 9.17) is 4.74 Å². The minimum atomic E-state index is -0.205. The van der Waals surface area contributed by atoms with Gasteiger partial charge >= 0.3 is 0 Å². The molecule has 0 radical (unpaired) electrons. The average Bonchev–Trinajstić information content (AvgIpc) is 3.26. The highest BCUT2D eigenvalue weighted by atomic mass is 16.5. The third-order valence-corrected chi connectivity index (χ3v) is 4.76. The van der Waals surface area contributed by atoms with Crippen LogP contribution in [0.15, 0.2) is 85.2 Å². The van der Waals surface area contributed by atoms with Crippen LogP contribution in [0.5, 0.6) is 5.75 Å². The van der Waals surface area contributed by atoms with Gasteiger partial charge in [-0.15, -0.1) is 0 Å². The van der Waals surface area contributed by atoms with Crippen LogP contribution in [0.4, 0.5) is 0 Å². The Balaban J connectivity index is 1.59. The summed E-state index contributed by atoms with van der Waals surface area (Å²) in [6, 6.07) is 23.2. The third-order valence-electron chi connectivity index (χ3n) is 4.76. The number of pyridine rings is 1. The molecule has 2 heterocycles. The van der Waals surface area contributed by atoms with Crippen molar-refractivity contribution in [3.8, 4) is 22.7 Å². The zero-order chi connectivity index (χ0) is 20.8. The Kier molecular flexibility index (Phi) is 5.85. The highest BCUT2D eigenvalue weighted by Gasteiger charge is 2.17. The summed E-state index contributed by atoms with van der Waals surface area (Å²) in [7, 11) is 1.63. The lowest BCUT2D eigenvalue weighted by Gasteiger charge is -2.08. The van der Waals surface area contributed by atoms with Crippen molar-refractivity contribution in [3.05, 3.63) is 96.4 Å². The van der Waals surface area contributed by atoms with Gasteiger partial charge in [-0.25, -0.2) is 4.68 Å². The van der Waals surface area contributed by atoms with E-state index in [0.29, 0.717) is 12.2 Å². The molecule has 0 bridgehead atoms. The molecule has 6 heteroatoms. The van der Waals surface area contributed by atoms with Crippen LogP contribution in [-0.4, -0.2) is 34.3 Å². The second-order valence-corrected chi connectivity index (χ2v) is 6.76. The fraction of sp³-hybridized carbons (Fsp3) is 0.125. The van der Waals surface area contributed by atoms with Crippen molar-refractivity contribution >= 4 is 5.91 Å². The molecule has 0 saturated heterocycles. The summed E-state index contributed by atoms with van der Waals surface area (Å²) in [5.74, 6) is 0.552. The maximum Gasteiger partial charge on any atom is 0.271 e. The Hall–Kier alpha value is -3.93. The first-order valence-electron chi connectivity index (χ1n) is 9.71. The Morgan fingerprint density at radius 1 is 1.03 bits per heavy atom. The molecule has 4 aromatic rings. The molecule has 0 aliphatic carbocycles. The molecule has 1 N–H and O–H groups in total. The van der Waals surface area contributed by atoms with Gasteiger partial charge in [0, 0.05) is 24.5 Å². The summed E-state index contributed by atoms with van der Waals surface area (Å²) in [4.78, 5) is 16.9. The topological polar surface area (TPSA) is 69.0 Å². The molecule has 150 valence electrons. The standard InChI is InChI=1S/C24H22N4O2/c1-30-21-11-9-20(10-12-21)28-23(19-8-5-14-25-17-19)16-22(27-28)24(29)26-15-13-18-6-3-2-4-7-18/h2-12,14,16-17H,13,15H2,1H3,(H,26,29). The number of carbonyl (C=O) groups is 1. The first-order valence-corrected chi connectivity index (χ1v) is 9.71. The van der Waals surface area contributed by atoms with E-state index >= 15 is 0 Å². The molecule has 0 saturated carbocycles. The fourth-order valence-electron chi connectivity index (χ4n) is 3.19. The Labute approximate surface area is 175 Å². The van der Waals surface area contributed by atoms with Gasteiger partial charge in [-0.1, -0.05) is 30.3 Å². The number of hydrogen-bond donors (Lipinski definition) is 1. The molecule has 0 aliphatic heterocycles. The Morgan fingerprint density at radius 2 is 1.83 bits per heavy atom. The van der Waals surface area contributed by atoms with Gasteiger partial charge in [0.05, 0.1) is 18.5 Å². The lowest BCUT2D eigenvalue weighted by atomic mass is 10.1. The first kappa shape index (κ1) is 19.4. The smallest absolute Gasteiger partial charge is 0.271 e. The number of hydrogen-bond acceptors (Lipinski definition) is 4. The van der Waals surface area contributed by atoms with Gasteiger partial charge in [0.25, 0.3) is 5.91 Å². The van der Waals surface area contributed by atoms with Crippen LogP contribution in [0, 0.1) is 0 Å². The molecule has 1 amide bonds. The van der Waals surface area contributed by atoms with Crippen LogP contribution in [0.2, 0.25) is 0 Å². The number of methoxy groups -OCH3 is 1. The number of nitrogens with one attached hydrogen (secondary N) is 1. The normalized spacial score (nSPS) is 10.6. The molecule has 0 fully saturated rings. The van der Waals surface area contributed by atoms with Gasteiger partial charge in [-0.2, -0.15) is 5.10 Å². The molecule has 4 rings (SSSR count). The minimum absolute atomic E-state index is 0.205. The molecule has 0 atom stereocenters.